The van der Waals surface area contributed by atoms with Gasteiger partial charge in [0, 0.05) is 6.54 Å². The average molecular weight is 199 g/mol. The molecule has 14 heavy (non-hydrogen) atoms. The highest BCUT2D eigenvalue weighted by molar-refractivity contribution is 4.91. The van der Waals surface area contributed by atoms with Crippen LogP contribution in [0.2, 0.25) is 0 Å². The van der Waals surface area contributed by atoms with E-state index in [0.717, 1.165) is 19.8 Å². The van der Waals surface area contributed by atoms with Gasteiger partial charge in [-0.3, -0.25) is 0 Å². The molecule has 0 radical (unpaired) electrons. The second kappa shape index (κ2) is 3.47. The first-order chi connectivity index (χ1) is 6.49. The molecule has 0 aromatic carbocycles. The second-order valence-electron chi connectivity index (χ2n) is 5.41. The largest absolute Gasteiger partial charge is 0.349 e. The molecule has 1 N–H and O–H groups in total. The Morgan fingerprint density at radius 1 is 1.14 bits per heavy atom. The molecule has 3 heteroatoms. The maximum Gasteiger partial charge on any atom is 0.162 e. The van der Waals surface area contributed by atoms with Crippen LogP contribution in [0.5, 0.6) is 0 Å². The van der Waals surface area contributed by atoms with Crippen LogP contribution in [0.15, 0.2) is 0 Å². The van der Waals surface area contributed by atoms with Crippen LogP contribution >= 0.6 is 0 Å². The van der Waals surface area contributed by atoms with Gasteiger partial charge in [-0.1, -0.05) is 6.92 Å². The van der Waals surface area contributed by atoms with Crippen LogP contribution < -0.4 is 5.32 Å². The van der Waals surface area contributed by atoms with Crippen molar-refractivity contribution in [1.29, 1.82) is 0 Å². The summed E-state index contributed by atoms with van der Waals surface area (Å²) in [4.78, 5) is 0. The third kappa shape index (κ3) is 2.69. The van der Waals surface area contributed by atoms with E-state index in [2.05, 4.69) is 12.2 Å². The molecule has 0 bridgehead atoms. The van der Waals surface area contributed by atoms with Crippen LogP contribution in [-0.2, 0) is 9.47 Å². The Morgan fingerprint density at radius 2 is 1.71 bits per heavy atom. The van der Waals surface area contributed by atoms with E-state index in [-0.39, 0.29) is 5.79 Å². The van der Waals surface area contributed by atoms with E-state index in [1.165, 1.54) is 12.8 Å². The molecule has 0 atom stereocenters. The molecule has 0 amide bonds. The predicted octanol–water partition coefficient (Wildman–Crippen LogP) is 1.53. The summed E-state index contributed by atoms with van der Waals surface area (Å²) in [5.74, 6) is -0.387. The van der Waals surface area contributed by atoms with Crippen molar-refractivity contribution in [1.82, 2.24) is 5.32 Å². The fraction of sp³-hybridized carbons (Fsp3) is 1.00. The molecule has 2 rings (SSSR count). The maximum atomic E-state index is 5.58. The van der Waals surface area contributed by atoms with Gasteiger partial charge < -0.3 is 14.8 Å². The van der Waals surface area contributed by atoms with Gasteiger partial charge in [0.1, 0.15) is 0 Å². The Bertz CT molecular complexity index is 201. The molecule has 3 nitrogen and oxygen atoms in total. The van der Waals surface area contributed by atoms with Gasteiger partial charge in [0.05, 0.1) is 19.3 Å². The van der Waals surface area contributed by atoms with Crippen molar-refractivity contribution in [2.75, 3.05) is 19.8 Å². The highest BCUT2D eigenvalue weighted by Crippen LogP contribution is 2.44. The zero-order chi connectivity index (χ0) is 10.2. The summed E-state index contributed by atoms with van der Waals surface area (Å²) in [5.41, 5.74) is 0.562. The molecular formula is C11H21NO2. The van der Waals surface area contributed by atoms with Crippen LogP contribution in [0, 0.1) is 5.41 Å². The van der Waals surface area contributed by atoms with E-state index in [0.29, 0.717) is 11.5 Å². The minimum atomic E-state index is -0.387. The first-order valence-electron chi connectivity index (χ1n) is 5.50. The summed E-state index contributed by atoms with van der Waals surface area (Å²) in [5, 5.41) is 3.51. The van der Waals surface area contributed by atoms with Crippen molar-refractivity contribution < 1.29 is 9.47 Å². The van der Waals surface area contributed by atoms with Gasteiger partial charge in [-0.25, -0.2) is 0 Å². The molecule has 1 aliphatic carbocycles. The van der Waals surface area contributed by atoms with Gasteiger partial charge >= 0.3 is 0 Å². The third-order valence-electron chi connectivity index (χ3n) is 3.19. The average Bonchev–Trinajstić information content (AvgIpc) is 2.83. The normalized spacial score (nSPS) is 30.2. The van der Waals surface area contributed by atoms with Crippen LogP contribution in [-0.4, -0.2) is 31.6 Å². The lowest BCUT2D eigenvalue weighted by molar-refractivity contribution is -0.253. The number of nitrogens with one attached hydrogen (secondary N) is 1. The van der Waals surface area contributed by atoms with E-state index >= 15 is 0 Å². The Labute approximate surface area is 86.2 Å². The number of rotatable bonds is 3. The third-order valence-corrected chi connectivity index (χ3v) is 3.19. The van der Waals surface area contributed by atoms with Crippen molar-refractivity contribution in [3.05, 3.63) is 0 Å². The highest BCUT2D eigenvalue weighted by Gasteiger charge is 2.38. The van der Waals surface area contributed by atoms with Gasteiger partial charge in [-0.2, -0.15) is 0 Å². The van der Waals surface area contributed by atoms with Gasteiger partial charge in [-0.05, 0) is 32.1 Å². The minimum absolute atomic E-state index is 0.375. The standard InChI is InChI=1S/C11H21NO2/c1-10(2)13-6-9(7-14-10)12-8-11(3)4-5-11/h9,12H,4-8H2,1-3H3. The molecule has 1 saturated carbocycles. The first kappa shape index (κ1) is 10.4. The van der Waals surface area contributed by atoms with E-state index in [9.17, 15) is 0 Å². The van der Waals surface area contributed by atoms with Crippen LogP contribution in [0.25, 0.3) is 0 Å². The fourth-order valence-corrected chi connectivity index (χ4v) is 1.59. The SMILES string of the molecule is CC1(CNC2COC(C)(C)OC2)CC1. The molecule has 2 aliphatic rings. The lowest BCUT2D eigenvalue weighted by Gasteiger charge is -2.35. The smallest absolute Gasteiger partial charge is 0.162 e. The zero-order valence-corrected chi connectivity index (χ0v) is 9.43. The van der Waals surface area contributed by atoms with E-state index < -0.39 is 0 Å². The summed E-state index contributed by atoms with van der Waals surface area (Å²) in [6, 6.07) is 0.375. The molecule has 0 aromatic heterocycles. The highest BCUT2D eigenvalue weighted by atomic mass is 16.7. The van der Waals surface area contributed by atoms with Crippen molar-refractivity contribution in [3.63, 3.8) is 0 Å². The summed E-state index contributed by atoms with van der Waals surface area (Å²) in [7, 11) is 0. The molecule has 2 fully saturated rings. The van der Waals surface area contributed by atoms with Crippen LogP contribution in [0.1, 0.15) is 33.6 Å². The number of hydrogen-bond acceptors (Lipinski definition) is 3. The number of hydrogen-bond donors (Lipinski definition) is 1. The van der Waals surface area contributed by atoms with Crippen molar-refractivity contribution in [3.8, 4) is 0 Å². The summed E-state index contributed by atoms with van der Waals surface area (Å²) < 4.78 is 11.2. The summed E-state index contributed by atoms with van der Waals surface area (Å²) in [6.07, 6.45) is 2.72. The lowest BCUT2D eigenvalue weighted by Crippen LogP contribution is -2.49. The maximum absolute atomic E-state index is 5.58. The monoisotopic (exact) mass is 199 g/mol. The van der Waals surface area contributed by atoms with E-state index in [1.54, 1.807) is 0 Å². The van der Waals surface area contributed by atoms with E-state index in [1.807, 2.05) is 13.8 Å². The minimum Gasteiger partial charge on any atom is -0.349 e. The van der Waals surface area contributed by atoms with Gasteiger partial charge in [0.15, 0.2) is 5.79 Å². The second-order valence-corrected chi connectivity index (χ2v) is 5.41. The summed E-state index contributed by atoms with van der Waals surface area (Å²) >= 11 is 0. The lowest BCUT2D eigenvalue weighted by atomic mass is 10.1. The molecule has 1 saturated heterocycles. The Kier molecular flexibility index (Phi) is 2.58. The zero-order valence-electron chi connectivity index (χ0n) is 9.43. The number of ether oxygens (including phenoxy) is 2. The molecule has 0 spiro atoms. The molecular weight excluding hydrogens is 178 g/mol. The van der Waals surface area contributed by atoms with Crippen LogP contribution in [0.3, 0.4) is 0 Å². The molecule has 0 unspecified atom stereocenters. The van der Waals surface area contributed by atoms with Gasteiger partial charge in [0.25, 0.3) is 0 Å². The predicted molar refractivity (Wildman–Crippen MR) is 55.1 cm³/mol. The molecule has 1 heterocycles. The van der Waals surface area contributed by atoms with Gasteiger partial charge in [-0.15, -0.1) is 0 Å². The fourth-order valence-electron chi connectivity index (χ4n) is 1.59. The molecule has 82 valence electrons. The summed E-state index contributed by atoms with van der Waals surface area (Å²) in [6.45, 7) is 8.89. The Morgan fingerprint density at radius 3 is 2.21 bits per heavy atom. The molecule has 1 aliphatic heterocycles. The van der Waals surface area contributed by atoms with E-state index in [4.69, 9.17) is 9.47 Å². The Hall–Kier alpha value is -0.120. The quantitative estimate of drug-likeness (QED) is 0.747. The van der Waals surface area contributed by atoms with Crippen LogP contribution in [0.4, 0.5) is 0 Å². The molecule has 0 aromatic rings. The van der Waals surface area contributed by atoms with Crippen molar-refractivity contribution in [2.45, 2.75) is 45.4 Å². The van der Waals surface area contributed by atoms with Crippen molar-refractivity contribution in [2.24, 2.45) is 5.41 Å². The topological polar surface area (TPSA) is 30.5 Å². The van der Waals surface area contributed by atoms with Gasteiger partial charge in [0.2, 0.25) is 0 Å². The first-order valence-corrected chi connectivity index (χ1v) is 5.50. The Balaban J connectivity index is 1.68. The van der Waals surface area contributed by atoms with Crippen molar-refractivity contribution >= 4 is 0 Å².